The maximum Gasteiger partial charge on any atom is 0.166 e. The molecule has 0 nitrogen and oxygen atoms in total. The van der Waals surface area contributed by atoms with Gasteiger partial charge in [-0.3, -0.25) is 0 Å². The monoisotopic (exact) mass is 276 g/mol. The molecule has 0 heterocycles. The fourth-order valence-corrected chi connectivity index (χ4v) is 2.79. The highest BCUT2D eigenvalue weighted by atomic mass is 19.2. The molecule has 0 saturated heterocycles. The fraction of sp³-hybridized carbons (Fsp3) is 0.444. The van der Waals surface area contributed by atoms with E-state index in [0.29, 0.717) is 17.0 Å². The highest BCUT2D eigenvalue weighted by molar-refractivity contribution is 5.67. The summed E-state index contributed by atoms with van der Waals surface area (Å²) < 4.78 is 27.6. The Morgan fingerprint density at radius 2 is 2.05 bits per heavy atom. The quantitative estimate of drug-likeness (QED) is 0.608. The lowest BCUT2D eigenvalue weighted by Gasteiger charge is -2.22. The Morgan fingerprint density at radius 3 is 2.70 bits per heavy atom. The average Bonchev–Trinajstić information content (AvgIpc) is 2.46. The number of hydrogen-bond acceptors (Lipinski definition) is 0. The Bertz CT molecular complexity index is 526. The molecule has 0 N–H and O–H groups in total. The Balaban J connectivity index is 2.07. The third kappa shape index (κ3) is 3.36. The first-order chi connectivity index (χ1) is 9.63. The molecule has 0 radical (unpaired) electrons. The van der Waals surface area contributed by atoms with Crippen molar-refractivity contribution >= 4 is 5.57 Å². The van der Waals surface area contributed by atoms with Gasteiger partial charge in [-0.15, -0.1) is 0 Å². The summed E-state index contributed by atoms with van der Waals surface area (Å²) in [6, 6.07) is 3.37. The van der Waals surface area contributed by atoms with Crippen LogP contribution in [0.5, 0.6) is 0 Å². The normalized spacial score (nSPS) is 19.4. The molecule has 108 valence electrons. The van der Waals surface area contributed by atoms with Crippen molar-refractivity contribution in [3.05, 3.63) is 53.1 Å². The first kappa shape index (κ1) is 15.0. The number of aryl methyl sites for hydroxylation is 1. The summed E-state index contributed by atoms with van der Waals surface area (Å²) in [6.07, 6.45) is 11.5. The fourth-order valence-electron chi connectivity index (χ4n) is 2.79. The highest BCUT2D eigenvalue weighted by Gasteiger charge is 2.19. The van der Waals surface area contributed by atoms with Gasteiger partial charge < -0.3 is 0 Å². The molecule has 0 bridgehead atoms. The number of halogens is 2. The van der Waals surface area contributed by atoms with Crippen LogP contribution in [0.15, 0.2) is 30.4 Å². The maximum atomic E-state index is 14.0. The van der Waals surface area contributed by atoms with E-state index >= 15 is 0 Å². The summed E-state index contributed by atoms with van der Waals surface area (Å²) in [4.78, 5) is 0. The van der Waals surface area contributed by atoms with Crippen LogP contribution in [0.3, 0.4) is 0 Å². The molecule has 0 aromatic heterocycles. The Labute approximate surface area is 120 Å². The zero-order valence-corrected chi connectivity index (χ0v) is 12.3. The summed E-state index contributed by atoms with van der Waals surface area (Å²) in [5.74, 6) is -0.726. The van der Waals surface area contributed by atoms with Gasteiger partial charge in [-0.2, -0.15) is 0 Å². The highest BCUT2D eigenvalue weighted by Crippen LogP contribution is 2.34. The summed E-state index contributed by atoms with van der Waals surface area (Å²) >= 11 is 0. The van der Waals surface area contributed by atoms with E-state index in [-0.39, 0.29) is 0 Å². The number of rotatable bonds is 4. The molecule has 1 unspecified atom stereocenters. The van der Waals surface area contributed by atoms with Gasteiger partial charge in [-0.05, 0) is 63.0 Å². The van der Waals surface area contributed by atoms with Gasteiger partial charge in [0.25, 0.3) is 0 Å². The maximum absolute atomic E-state index is 14.0. The molecule has 0 aliphatic heterocycles. The van der Waals surface area contributed by atoms with Crippen LogP contribution in [0.4, 0.5) is 8.78 Å². The molecule has 0 amide bonds. The molecule has 1 aliphatic carbocycles. The van der Waals surface area contributed by atoms with Crippen LogP contribution in [-0.4, -0.2) is 0 Å². The Hall–Kier alpha value is -1.44. The molecular weight excluding hydrogens is 254 g/mol. The number of benzene rings is 1. The third-order valence-corrected chi connectivity index (χ3v) is 4.12. The molecule has 0 fully saturated rings. The summed E-state index contributed by atoms with van der Waals surface area (Å²) in [5.41, 5.74) is 1.77. The lowest BCUT2D eigenvalue weighted by Crippen LogP contribution is -2.07. The van der Waals surface area contributed by atoms with E-state index in [1.165, 1.54) is 6.42 Å². The lowest BCUT2D eigenvalue weighted by molar-refractivity contribution is 0.452. The standard InChI is InChI=1S/C18H22F2/c1-3-4-5-6-14-8-10-15(11-9-14)16-12-7-13(2)17(19)18(16)20/h3-4,7,10,12,14H,5-6,8-9,11H2,1-2H3. The van der Waals surface area contributed by atoms with Gasteiger partial charge in [-0.25, -0.2) is 8.78 Å². The molecule has 1 aromatic rings. The van der Waals surface area contributed by atoms with Gasteiger partial charge in [0.15, 0.2) is 11.6 Å². The average molecular weight is 276 g/mol. The van der Waals surface area contributed by atoms with Crippen LogP contribution in [-0.2, 0) is 0 Å². The second-order valence-electron chi connectivity index (χ2n) is 5.57. The molecule has 1 aromatic carbocycles. The van der Waals surface area contributed by atoms with Crippen molar-refractivity contribution in [1.82, 2.24) is 0 Å². The molecule has 0 spiro atoms. The smallest absolute Gasteiger partial charge is 0.166 e. The van der Waals surface area contributed by atoms with Gasteiger partial charge in [0, 0.05) is 5.56 Å². The van der Waals surface area contributed by atoms with Gasteiger partial charge in [0.2, 0.25) is 0 Å². The van der Waals surface area contributed by atoms with E-state index in [9.17, 15) is 8.78 Å². The summed E-state index contributed by atoms with van der Waals surface area (Å²) in [6.45, 7) is 3.63. The largest absolute Gasteiger partial charge is 0.203 e. The van der Waals surface area contributed by atoms with Crippen molar-refractivity contribution in [1.29, 1.82) is 0 Å². The van der Waals surface area contributed by atoms with Crippen LogP contribution in [0.2, 0.25) is 0 Å². The van der Waals surface area contributed by atoms with Gasteiger partial charge >= 0.3 is 0 Å². The number of allylic oxidation sites excluding steroid dienone is 4. The zero-order valence-electron chi connectivity index (χ0n) is 12.3. The van der Waals surface area contributed by atoms with Crippen molar-refractivity contribution < 1.29 is 8.78 Å². The van der Waals surface area contributed by atoms with Crippen LogP contribution in [0.25, 0.3) is 5.57 Å². The van der Waals surface area contributed by atoms with E-state index < -0.39 is 11.6 Å². The minimum Gasteiger partial charge on any atom is -0.203 e. The second-order valence-corrected chi connectivity index (χ2v) is 5.57. The van der Waals surface area contributed by atoms with Gasteiger partial charge in [0.1, 0.15) is 0 Å². The van der Waals surface area contributed by atoms with Crippen molar-refractivity contribution in [3.8, 4) is 0 Å². The first-order valence-electron chi connectivity index (χ1n) is 7.38. The molecule has 1 atom stereocenters. The molecule has 0 saturated carbocycles. The minimum atomic E-state index is -0.710. The molecule has 1 aliphatic rings. The SMILES string of the molecule is CC=CCCC1CC=C(c2ccc(C)c(F)c2F)CC1. The van der Waals surface area contributed by atoms with Crippen LogP contribution < -0.4 is 0 Å². The predicted molar refractivity (Wildman–Crippen MR) is 80.5 cm³/mol. The molecule has 2 rings (SSSR count). The topological polar surface area (TPSA) is 0 Å². The van der Waals surface area contributed by atoms with E-state index in [1.54, 1.807) is 19.1 Å². The summed E-state index contributed by atoms with van der Waals surface area (Å²) in [7, 11) is 0. The van der Waals surface area contributed by atoms with Crippen LogP contribution in [0, 0.1) is 24.5 Å². The zero-order chi connectivity index (χ0) is 14.5. The molecule has 20 heavy (non-hydrogen) atoms. The van der Waals surface area contributed by atoms with Crippen molar-refractivity contribution in [3.63, 3.8) is 0 Å². The van der Waals surface area contributed by atoms with E-state index in [4.69, 9.17) is 0 Å². The van der Waals surface area contributed by atoms with E-state index in [1.807, 2.05) is 6.92 Å². The van der Waals surface area contributed by atoms with Crippen LogP contribution in [0.1, 0.15) is 50.2 Å². The molecular formula is C18H22F2. The lowest BCUT2D eigenvalue weighted by atomic mass is 9.84. The predicted octanol–water partition coefficient (Wildman–Crippen LogP) is 5.81. The van der Waals surface area contributed by atoms with Gasteiger partial charge in [-0.1, -0.05) is 30.4 Å². The van der Waals surface area contributed by atoms with E-state index in [2.05, 4.69) is 18.2 Å². The second kappa shape index (κ2) is 6.83. The van der Waals surface area contributed by atoms with Crippen molar-refractivity contribution in [2.75, 3.05) is 0 Å². The molecule has 2 heteroatoms. The first-order valence-corrected chi connectivity index (χ1v) is 7.38. The third-order valence-electron chi connectivity index (χ3n) is 4.12. The van der Waals surface area contributed by atoms with E-state index in [0.717, 1.165) is 31.3 Å². The number of hydrogen-bond donors (Lipinski definition) is 0. The Kier molecular flexibility index (Phi) is 5.11. The summed E-state index contributed by atoms with van der Waals surface area (Å²) in [5, 5.41) is 0. The van der Waals surface area contributed by atoms with Crippen molar-refractivity contribution in [2.45, 2.75) is 46.0 Å². The van der Waals surface area contributed by atoms with Gasteiger partial charge in [0.05, 0.1) is 0 Å². The minimum absolute atomic E-state index is 0.367. The Morgan fingerprint density at radius 1 is 1.25 bits per heavy atom. The van der Waals surface area contributed by atoms with Crippen molar-refractivity contribution in [2.24, 2.45) is 5.92 Å². The van der Waals surface area contributed by atoms with Crippen LogP contribution >= 0.6 is 0 Å².